The van der Waals surface area contributed by atoms with Gasteiger partial charge in [0.25, 0.3) is 17.7 Å². The van der Waals surface area contributed by atoms with Gasteiger partial charge in [-0.3, -0.25) is 19.3 Å². The molecule has 29 heavy (non-hydrogen) atoms. The number of hydrogen-bond acceptors (Lipinski definition) is 5. The predicted octanol–water partition coefficient (Wildman–Crippen LogP) is 2.81. The van der Waals surface area contributed by atoms with Gasteiger partial charge in [-0.2, -0.15) is 0 Å². The van der Waals surface area contributed by atoms with Crippen LogP contribution < -0.4 is 0 Å². The Labute approximate surface area is 170 Å². The number of ether oxygens (including phenoxy) is 1. The minimum atomic E-state index is -0.933. The van der Waals surface area contributed by atoms with Crippen molar-refractivity contribution in [2.24, 2.45) is 0 Å². The topological polar surface area (TPSA) is 84.0 Å². The highest BCUT2D eigenvalue weighted by atomic mass is 16.5. The van der Waals surface area contributed by atoms with Gasteiger partial charge in [0.2, 0.25) is 0 Å². The third kappa shape index (κ3) is 4.09. The molecule has 3 amide bonds. The fourth-order valence-electron chi connectivity index (χ4n) is 3.93. The monoisotopic (exact) mass is 398 g/mol. The second-order valence-corrected chi connectivity index (χ2v) is 7.56. The Morgan fingerprint density at radius 3 is 2.52 bits per heavy atom. The first-order valence-electron chi connectivity index (χ1n) is 9.94. The van der Waals surface area contributed by atoms with E-state index in [1.807, 2.05) is 0 Å². The minimum absolute atomic E-state index is 0.102. The van der Waals surface area contributed by atoms with Gasteiger partial charge in [0, 0.05) is 19.6 Å². The molecule has 1 fully saturated rings. The first-order chi connectivity index (χ1) is 13.8. The fourth-order valence-corrected chi connectivity index (χ4v) is 3.93. The standard InChI is InChI=1S/C22H26N2O5/c1-4-12-24-20(26)17-11-10-15(13-18(17)21(24)27)22(28)29-14(2)19(25)23(3)16-8-6-5-7-9-16/h4,10-11,13-14,16H,1,5-9,12H2,2-3H3/t14-/m1/s1. The third-order valence-corrected chi connectivity index (χ3v) is 5.62. The Morgan fingerprint density at radius 2 is 1.86 bits per heavy atom. The van der Waals surface area contributed by atoms with Crippen molar-refractivity contribution in [3.05, 3.63) is 47.5 Å². The molecule has 1 aliphatic carbocycles. The maximum Gasteiger partial charge on any atom is 0.338 e. The summed E-state index contributed by atoms with van der Waals surface area (Å²) in [6.07, 6.45) is 5.84. The van der Waals surface area contributed by atoms with E-state index < -0.39 is 23.9 Å². The molecule has 0 aromatic heterocycles. The summed E-state index contributed by atoms with van der Waals surface area (Å²) < 4.78 is 5.35. The maximum absolute atomic E-state index is 12.6. The summed E-state index contributed by atoms with van der Waals surface area (Å²) in [6, 6.07) is 4.40. The highest BCUT2D eigenvalue weighted by Gasteiger charge is 2.35. The number of esters is 1. The van der Waals surface area contributed by atoms with E-state index >= 15 is 0 Å². The summed E-state index contributed by atoms with van der Waals surface area (Å²) in [5.74, 6) is -1.83. The number of fused-ring (bicyclic) bond motifs is 1. The highest BCUT2D eigenvalue weighted by Crippen LogP contribution is 2.25. The van der Waals surface area contributed by atoms with Gasteiger partial charge >= 0.3 is 5.97 Å². The van der Waals surface area contributed by atoms with Gasteiger partial charge in [-0.1, -0.05) is 25.3 Å². The smallest absolute Gasteiger partial charge is 0.338 e. The molecule has 0 unspecified atom stereocenters. The van der Waals surface area contributed by atoms with Crippen LogP contribution in [0.25, 0.3) is 0 Å². The van der Waals surface area contributed by atoms with Crippen molar-refractivity contribution in [1.29, 1.82) is 0 Å². The lowest BCUT2D eigenvalue weighted by Gasteiger charge is -2.32. The zero-order valence-corrected chi connectivity index (χ0v) is 16.8. The largest absolute Gasteiger partial charge is 0.449 e. The number of likely N-dealkylation sites (N-methyl/N-ethyl adjacent to an activating group) is 1. The molecule has 1 saturated carbocycles. The van der Waals surface area contributed by atoms with E-state index in [0.717, 1.165) is 30.6 Å². The predicted molar refractivity (Wildman–Crippen MR) is 107 cm³/mol. The van der Waals surface area contributed by atoms with Crippen LogP contribution in [0.5, 0.6) is 0 Å². The summed E-state index contributed by atoms with van der Waals surface area (Å²) in [4.78, 5) is 52.6. The molecular formula is C22H26N2O5. The van der Waals surface area contributed by atoms with Crippen LogP contribution in [0, 0.1) is 0 Å². The van der Waals surface area contributed by atoms with Crippen molar-refractivity contribution in [2.75, 3.05) is 13.6 Å². The summed E-state index contributed by atoms with van der Waals surface area (Å²) >= 11 is 0. The van der Waals surface area contributed by atoms with Crippen LogP contribution >= 0.6 is 0 Å². The van der Waals surface area contributed by atoms with E-state index in [1.165, 1.54) is 30.7 Å². The molecule has 0 saturated heterocycles. The fraction of sp³-hybridized carbons (Fsp3) is 0.455. The lowest BCUT2D eigenvalue weighted by molar-refractivity contribution is -0.141. The van der Waals surface area contributed by atoms with Crippen molar-refractivity contribution in [1.82, 2.24) is 9.80 Å². The van der Waals surface area contributed by atoms with Crippen LogP contribution in [-0.4, -0.2) is 59.2 Å². The number of hydrogen-bond donors (Lipinski definition) is 0. The van der Waals surface area contributed by atoms with Crippen molar-refractivity contribution in [2.45, 2.75) is 51.2 Å². The van der Waals surface area contributed by atoms with Crippen molar-refractivity contribution in [3.63, 3.8) is 0 Å². The molecule has 1 heterocycles. The third-order valence-electron chi connectivity index (χ3n) is 5.62. The Morgan fingerprint density at radius 1 is 1.21 bits per heavy atom. The van der Waals surface area contributed by atoms with Crippen LogP contribution in [0.2, 0.25) is 0 Å². The van der Waals surface area contributed by atoms with Gasteiger partial charge in [-0.25, -0.2) is 4.79 Å². The van der Waals surface area contributed by atoms with Crippen molar-refractivity contribution < 1.29 is 23.9 Å². The molecule has 3 rings (SSSR count). The lowest BCUT2D eigenvalue weighted by atomic mass is 9.94. The Bertz CT molecular complexity index is 857. The van der Waals surface area contributed by atoms with Gasteiger partial charge in [0.15, 0.2) is 6.10 Å². The molecule has 1 atom stereocenters. The molecule has 2 aliphatic rings. The number of benzene rings is 1. The molecule has 154 valence electrons. The van der Waals surface area contributed by atoms with E-state index in [-0.39, 0.29) is 35.2 Å². The Balaban J connectivity index is 1.68. The Kier molecular flexibility index (Phi) is 6.15. The molecule has 1 aromatic rings. The Hall–Kier alpha value is -2.96. The first kappa shape index (κ1) is 20.8. The maximum atomic E-state index is 12.6. The molecule has 0 spiro atoms. The van der Waals surface area contributed by atoms with Crippen molar-refractivity contribution in [3.8, 4) is 0 Å². The summed E-state index contributed by atoms with van der Waals surface area (Å²) in [5.41, 5.74) is 0.532. The van der Waals surface area contributed by atoms with Crippen LogP contribution in [0.4, 0.5) is 0 Å². The average molecular weight is 398 g/mol. The van der Waals surface area contributed by atoms with Crippen LogP contribution in [0.1, 0.15) is 70.1 Å². The second-order valence-electron chi connectivity index (χ2n) is 7.56. The van der Waals surface area contributed by atoms with Gasteiger partial charge in [0.05, 0.1) is 16.7 Å². The number of carbonyl (C=O) groups is 4. The molecule has 0 radical (unpaired) electrons. The molecule has 7 heteroatoms. The molecule has 0 bridgehead atoms. The quantitative estimate of drug-likeness (QED) is 0.418. The van der Waals surface area contributed by atoms with E-state index in [4.69, 9.17) is 4.74 Å². The number of rotatable bonds is 6. The molecule has 7 nitrogen and oxygen atoms in total. The van der Waals surface area contributed by atoms with Crippen molar-refractivity contribution >= 4 is 23.7 Å². The number of nitrogens with zero attached hydrogens (tertiary/aromatic N) is 2. The van der Waals surface area contributed by atoms with E-state index in [0.29, 0.717) is 0 Å². The molecular weight excluding hydrogens is 372 g/mol. The zero-order chi connectivity index (χ0) is 21.1. The second kappa shape index (κ2) is 8.59. The molecule has 0 N–H and O–H groups in total. The molecule has 1 aliphatic heterocycles. The van der Waals surface area contributed by atoms with Gasteiger partial charge < -0.3 is 9.64 Å². The van der Waals surface area contributed by atoms with Gasteiger partial charge in [-0.05, 0) is 38.0 Å². The van der Waals surface area contributed by atoms with Crippen LogP contribution in [0.3, 0.4) is 0 Å². The summed E-state index contributed by atoms with van der Waals surface area (Å²) in [5, 5.41) is 0. The van der Waals surface area contributed by atoms with Crippen LogP contribution in [-0.2, 0) is 9.53 Å². The van der Waals surface area contributed by atoms with Gasteiger partial charge in [0.1, 0.15) is 0 Å². The number of carbonyl (C=O) groups excluding carboxylic acids is 4. The van der Waals surface area contributed by atoms with E-state index in [2.05, 4.69) is 6.58 Å². The summed E-state index contributed by atoms with van der Waals surface area (Å²) in [6.45, 7) is 5.19. The normalized spacial score (nSPS) is 17.7. The lowest BCUT2D eigenvalue weighted by Crippen LogP contribution is -2.44. The summed E-state index contributed by atoms with van der Waals surface area (Å²) in [7, 11) is 1.75. The zero-order valence-electron chi connectivity index (χ0n) is 16.8. The number of imide groups is 1. The average Bonchev–Trinajstić information content (AvgIpc) is 2.97. The SMILES string of the molecule is C=CCN1C(=O)c2ccc(C(=O)O[C@H](C)C(=O)N(C)C3CCCCC3)cc2C1=O. The van der Waals surface area contributed by atoms with Crippen LogP contribution in [0.15, 0.2) is 30.9 Å². The molecule has 1 aromatic carbocycles. The minimum Gasteiger partial charge on any atom is -0.449 e. The first-order valence-corrected chi connectivity index (χ1v) is 9.94. The number of amides is 3. The van der Waals surface area contributed by atoms with E-state index in [9.17, 15) is 19.2 Å². The van der Waals surface area contributed by atoms with Gasteiger partial charge in [-0.15, -0.1) is 6.58 Å². The highest BCUT2D eigenvalue weighted by molar-refractivity contribution is 6.22. The van der Waals surface area contributed by atoms with E-state index in [1.54, 1.807) is 18.9 Å².